The smallest absolute Gasteiger partial charge is 0.467 e. The zero-order chi connectivity index (χ0) is 32.1. The number of hydrogen-bond acceptors (Lipinski definition) is 14. The van der Waals surface area contributed by atoms with E-state index in [9.17, 15) is 23.7 Å². The SMILES string of the molecule is COC(=O)CO[C@H]1OC(COP(=O)(OCc2ccccc2)OCc2ccccc2)[C@@H](OC(C)=O)C(OC(C)=O)[C@@H]1OC(C)=O. The van der Waals surface area contributed by atoms with Gasteiger partial charge in [-0.05, 0) is 11.1 Å². The molecular weight excluding hydrogens is 603 g/mol. The molecule has 15 heteroatoms. The molecule has 2 aromatic carbocycles. The molecule has 0 saturated carbocycles. The van der Waals surface area contributed by atoms with E-state index in [1.165, 1.54) is 0 Å². The summed E-state index contributed by atoms with van der Waals surface area (Å²) in [5, 5.41) is 0. The van der Waals surface area contributed by atoms with Gasteiger partial charge < -0.3 is 28.4 Å². The highest BCUT2D eigenvalue weighted by Gasteiger charge is 2.53. The first-order valence-corrected chi connectivity index (χ1v) is 14.9. The van der Waals surface area contributed by atoms with Crippen LogP contribution in [0.1, 0.15) is 31.9 Å². The second-order valence-electron chi connectivity index (χ2n) is 9.41. The summed E-state index contributed by atoms with van der Waals surface area (Å²) in [7, 11) is -3.21. The summed E-state index contributed by atoms with van der Waals surface area (Å²) in [4.78, 5) is 48.0. The molecule has 0 radical (unpaired) electrons. The number of carbonyl (C=O) groups is 4. The number of ether oxygens (including phenoxy) is 6. The molecule has 1 aliphatic rings. The average Bonchev–Trinajstić information content (AvgIpc) is 3.00. The molecule has 5 atom stereocenters. The van der Waals surface area contributed by atoms with Gasteiger partial charge in [-0.1, -0.05) is 60.7 Å². The minimum atomic E-state index is -4.35. The lowest BCUT2D eigenvalue weighted by molar-refractivity contribution is -0.306. The Kier molecular flexibility index (Phi) is 13.5. The fourth-order valence-electron chi connectivity index (χ4n) is 4.06. The quantitative estimate of drug-likeness (QED) is 0.158. The van der Waals surface area contributed by atoms with Gasteiger partial charge in [-0.3, -0.25) is 28.0 Å². The van der Waals surface area contributed by atoms with Crippen molar-refractivity contribution in [3.63, 3.8) is 0 Å². The highest BCUT2D eigenvalue weighted by atomic mass is 31.2. The summed E-state index contributed by atoms with van der Waals surface area (Å²) in [6.07, 6.45) is -7.32. The number of esters is 4. The second kappa shape index (κ2) is 17.0. The van der Waals surface area contributed by atoms with E-state index in [4.69, 9.17) is 37.3 Å². The van der Waals surface area contributed by atoms with Gasteiger partial charge in [0.05, 0.1) is 26.9 Å². The van der Waals surface area contributed by atoms with E-state index in [0.29, 0.717) is 11.1 Å². The van der Waals surface area contributed by atoms with Crippen LogP contribution in [0.15, 0.2) is 60.7 Å². The number of phosphoric ester groups is 1. The predicted molar refractivity (Wildman–Crippen MR) is 149 cm³/mol. The van der Waals surface area contributed by atoms with Crippen molar-refractivity contribution in [1.29, 1.82) is 0 Å². The number of hydrogen-bond donors (Lipinski definition) is 0. The Morgan fingerprint density at radius 1 is 0.705 bits per heavy atom. The third-order valence-electron chi connectivity index (χ3n) is 5.95. The van der Waals surface area contributed by atoms with E-state index in [0.717, 1.165) is 27.9 Å². The molecule has 0 spiro atoms. The van der Waals surface area contributed by atoms with Gasteiger partial charge in [0.2, 0.25) is 0 Å². The Balaban J connectivity index is 1.90. The van der Waals surface area contributed by atoms with E-state index in [1.54, 1.807) is 48.5 Å². The van der Waals surface area contributed by atoms with E-state index in [2.05, 4.69) is 4.74 Å². The molecule has 44 heavy (non-hydrogen) atoms. The van der Waals surface area contributed by atoms with Gasteiger partial charge in [0.1, 0.15) is 12.7 Å². The molecule has 14 nitrogen and oxygen atoms in total. The number of methoxy groups -OCH3 is 1. The van der Waals surface area contributed by atoms with Crippen LogP contribution in [0, 0.1) is 0 Å². The molecule has 0 N–H and O–H groups in total. The molecule has 1 saturated heterocycles. The molecular formula is C29H35O14P. The summed E-state index contributed by atoms with van der Waals surface area (Å²) in [6, 6.07) is 17.7. The van der Waals surface area contributed by atoms with Crippen LogP contribution < -0.4 is 0 Å². The molecule has 0 amide bonds. The summed E-state index contributed by atoms with van der Waals surface area (Å²) in [5.41, 5.74) is 1.36. The predicted octanol–water partition coefficient (Wildman–Crippen LogP) is 3.25. The van der Waals surface area contributed by atoms with Crippen molar-refractivity contribution in [1.82, 2.24) is 0 Å². The van der Waals surface area contributed by atoms with Crippen LogP contribution in [0.25, 0.3) is 0 Å². The van der Waals surface area contributed by atoms with Gasteiger partial charge in [-0.25, -0.2) is 9.36 Å². The van der Waals surface area contributed by atoms with Gasteiger partial charge in [-0.2, -0.15) is 0 Å². The van der Waals surface area contributed by atoms with Crippen molar-refractivity contribution >= 4 is 31.7 Å². The molecule has 0 aliphatic carbocycles. The van der Waals surface area contributed by atoms with Gasteiger partial charge in [0.25, 0.3) is 0 Å². The second-order valence-corrected chi connectivity index (χ2v) is 11.1. The maximum atomic E-state index is 13.9. The molecule has 0 aromatic heterocycles. The summed E-state index contributed by atoms with van der Waals surface area (Å²) >= 11 is 0. The van der Waals surface area contributed by atoms with Crippen molar-refractivity contribution in [2.45, 2.75) is 64.7 Å². The zero-order valence-electron chi connectivity index (χ0n) is 24.7. The standard InChI is InChI=1S/C29H35O14P/c1-19(30)40-26-24(43-29(36-18-25(33)35-4)28(42-21(3)32)27(26)41-20(2)31)17-39-44(34,37-15-22-11-7-5-8-12-22)38-16-23-13-9-6-10-14-23/h5-14,24,26-29H,15-18H2,1-4H3/t24?,26-,27?,28+,29+/m1/s1. The van der Waals surface area contributed by atoms with Crippen molar-refractivity contribution in [3.05, 3.63) is 71.8 Å². The summed E-state index contributed by atoms with van der Waals surface area (Å²) in [6.45, 7) is 1.74. The van der Waals surface area contributed by atoms with Gasteiger partial charge in [-0.15, -0.1) is 0 Å². The fourth-order valence-corrected chi connectivity index (χ4v) is 5.23. The van der Waals surface area contributed by atoms with Crippen molar-refractivity contribution in [3.8, 4) is 0 Å². The largest absolute Gasteiger partial charge is 0.475 e. The fraction of sp³-hybridized carbons (Fsp3) is 0.448. The lowest BCUT2D eigenvalue weighted by Crippen LogP contribution is -2.63. The van der Waals surface area contributed by atoms with E-state index in [1.807, 2.05) is 12.1 Å². The van der Waals surface area contributed by atoms with E-state index in [-0.39, 0.29) is 13.2 Å². The highest BCUT2D eigenvalue weighted by Crippen LogP contribution is 2.51. The Morgan fingerprint density at radius 3 is 1.66 bits per heavy atom. The Labute approximate surface area is 254 Å². The molecule has 0 bridgehead atoms. The number of phosphoric acid groups is 1. The molecule has 1 fully saturated rings. The van der Waals surface area contributed by atoms with Crippen molar-refractivity contribution < 1.29 is 65.7 Å². The minimum Gasteiger partial charge on any atom is -0.467 e. The van der Waals surface area contributed by atoms with Crippen LogP contribution >= 0.6 is 7.82 Å². The van der Waals surface area contributed by atoms with Gasteiger partial charge in [0, 0.05) is 20.8 Å². The molecule has 3 rings (SSSR count). The first-order chi connectivity index (χ1) is 21.0. The average molecular weight is 639 g/mol. The summed E-state index contributed by atoms with van der Waals surface area (Å²) in [5.74, 6) is -3.23. The highest BCUT2D eigenvalue weighted by molar-refractivity contribution is 7.48. The van der Waals surface area contributed by atoms with Crippen molar-refractivity contribution in [2.75, 3.05) is 20.3 Å². The first kappa shape index (κ1) is 34.8. The van der Waals surface area contributed by atoms with Crippen LogP contribution in [0.5, 0.6) is 0 Å². The topological polar surface area (TPSA) is 168 Å². The third kappa shape index (κ3) is 11.1. The number of carbonyl (C=O) groups excluding carboxylic acids is 4. The van der Waals surface area contributed by atoms with Crippen molar-refractivity contribution in [2.24, 2.45) is 0 Å². The van der Waals surface area contributed by atoms with Gasteiger partial charge in [0.15, 0.2) is 24.6 Å². The van der Waals surface area contributed by atoms with E-state index < -0.39 is 75.6 Å². The molecule has 1 heterocycles. The first-order valence-electron chi connectivity index (χ1n) is 13.5. The zero-order valence-corrected chi connectivity index (χ0v) is 25.5. The lowest BCUT2D eigenvalue weighted by atomic mass is 9.98. The third-order valence-corrected chi connectivity index (χ3v) is 7.31. The normalized spacial score (nSPS) is 21.6. The Hall–Kier alpha value is -3.65. The maximum absolute atomic E-state index is 13.9. The molecule has 2 unspecified atom stereocenters. The number of rotatable bonds is 15. The molecule has 2 aromatic rings. The monoisotopic (exact) mass is 638 g/mol. The van der Waals surface area contributed by atoms with E-state index >= 15 is 0 Å². The van der Waals surface area contributed by atoms with Gasteiger partial charge >= 0.3 is 31.7 Å². The number of benzene rings is 2. The molecule has 240 valence electrons. The lowest BCUT2D eigenvalue weighted by Gasteiger charge is -2.44. The summed E-state index contributed by atoms with van der Waals surface area (Å²) < 4.78 is 62.9. The van der Waals surface area contributed by atoms with Crippen LogP contribution in [0.3, 0.4) is 0 Å². The maximum Gasteiger partial charge on any atom is 0.475 e. The van der Waals surface area contributed by atoms with Crippen LogP contribution in [-0.2, 0) is 78.9 Å². The van der Waals surface area contributed by atoms with Crippen LogP contribution in [0.2, 0.25) is 0 Å². The Morgan fingerprint density at radius 2 is 1.18 bits per heavy atom. The molecule has 1 aliphatic heterocycles. The van der Waals surface area contributed by atoms with Crippen LogP contribution in [-0.4, -0.2) is 74.9 Å². The Bertz CT molecular complexity index is 1240. The minimum absolute atomic E-state index is 0.138. The van der Waals surface area contributed by atoms with Crippen LogP contribution in [0.4, 0.5) is 0 Å².